The molecule has 4 heteroatoms. The normalized spacial score (nSPS) is 17.2. The van der Waals surface area contributed by atoms with Crippen LogP contribution in [0.5, 0.6) is 0 Å². The lowest BCUT2D eigenvalue weighted by atomic mass is 10.3. The van der Waals surface area contributed by atoms with Crippen molar-refractivity contribution in [1.29, 1.82) is 0 Å². The molecule has 1 aliphatic rings. The molecule has 2 N–H and O–H groups in total. The average Bonchev–Trinajstić information content (AvgIpc) is 2.70. The van der Waals surface area contributed by atoms with Crippen molar-refractivity contribution in [3.05, 3.63) is 12.7 Å². The molecule has 1 fully saturated rings. The number of hydrogen-bond donors (Lipinski definition) is 2. The van der Waals surface area contributed by atoms with E-state index in [0.717, 1.165) is 26.6 Å². The van der Waals surface area contributed by atoms with E-state index in [1.165, 1.54) is 0 Å². The minimum atomic E-state index is -0.833. The number of hydrogen-bond acceptors (Lipinski definition) is 3. The summed E-state index contributed by atoms with van der Waals surface area (Å²) >= 11 is 0. The molecule has 1 heterocycles. The Bertz CT molecular complexity index is 150. The van der Waals surface area contributed by atoms with Gasteiger partial charge in [0.25, 0.3) is 5.97 Å². The first-order valence-electron chi connectivity index (χ1n) is 3.78. The maximum absolute atomic E-state index is 9.00. The number of rotatable bonds is 3. The number of aliphatic carboxylic acids is 1. The minimum Gasteiger partial charge on any atom is -0.481 e. The van der Waals surface area contributed by atoms with Crippen molar-refractivity contribution < 1.29 is 15.0 Å². The molecule has 0 aromatic heterocycles. The van der Waals surface area contributed by atoms with Gasteiger partial charge in [0.05, 0.1) is 6.10 Å². The van der Waals surface area contributed by atoms with Crippen LogP contribution in [0.1, 0.15) is 6.92 Å². The smallest absolute Gasteiger partial charge is 0.300 e. The number of nitrogens with zero attached hydrogens (tertiary/aromatic N) is 1. The SMILES string of the molecule is C=CC(O)CN1CC1.CC(=O)O. The lowest BCUT2D eigenvalue weighted by Crippen LogP contribution is -2.15. The summed E-state index contributed by atoms with van der Waals surface area (Å²) in [5, 5.41) is 16.3. The van der Waals surface area contributed by atoms with Gasteiger partial charge in [-0.2, -0.15) is 0 Å². The molecule has 1 atom stereocenters. The summed E-state index contributed by atoms with van der Waals surface area (Å²) in [6.45, 7) is 7.60. The Morgan fingerprint density at radius 2 is 2.17 bits per heavy atom. The minimum absolute atomic E-state index is 0.322. The first kappa shape index (κ1) is 11.1. The molecule has 4 nitrogen and oxygen atoms in total. The molecule has 0 radical (unpaired) electrons. The largest absolute Gasteiger partial charge is 0.481 e. The Kier molecular flexibility index (Phi) is 5.32. The maximum Gasteiger partial charge on any atom is 0.300 e. The summed E-state index contributed by atoms with van der Waals surface area (Å²) in [6, 6.07) is 0. The van der Waals surface area contributed by atoms with Gasteiger partial charge in [0.15, 0.2) is 0 Å². The topological polar surface area (TPSA) is 60.5 Å². The molecular weight excluding hydrogens is 158 g/mol. The Balaban J connectivity index is 0.000000261. The zero-order chi connectivity index (χ0) is 9.56. The summed E-state index contributed by atoms with van der Waals surface area (Å²) in [7, 11) is 0. The molecule has 0 amide bonds. The Hall–Kier alpha value is -0.870. The molecule has 12 heavy (non-hydrogen) atoms. The monoisotopic (exact) mass is 173 g/mol. The van der Waals surface area contributed by atoms with E-state index < -0.39 is 5.97 Å². The molecule has 1 aliphatic heterocycles. The fourth-order valence-corrected chi connectivity index (χ4v) is 0.592. The third-order valence-corrected chi connectivity index (χ3v) is 1.26. The zero-order valence-corrected chi connectivity index (χ0v) is 7.23. The van der Waals surface area contributed by atoms with E-state index in [2.05, 4.69) is 11.5 Å². The number of aliphatic hydroxyl groups excluding tert-OH is 1. The van der Waals surface area contributed by atoms with Crippen LogP contribution in [0.25, 0.3) is 0 Å². The van der Waals surface area contributed by atoms with E-state index >= 15 is 0 Å². The van der Waals surface area contributed by atoms with E-state index in [1.54, 1.807) is 6.08 Å². The van der Waals surface area contributed by atoms with Gasteiger partial charge >= 0.3 is 0 Å². The lowest BCUT2D eigenvalue weighted by Gasteiger charge is -2.02. The maximum atomic E-state index is 9.00. The van der Waals surface area contributed by atoms with E-state index in [9.17, 15) is 0 Å². The van der Waals surface area contributed by atoms with Crippen LogP contribution < -0.4 is 0 Å². The van der Waals surface area contributed by atoms with Gasteiger partial charge in [-0.25, -0.2) is 0 Å². The second-order valence-electron chi connectivity index (χ2n) is 2.62. The highest BCUT2D eigenvalue weighted by Gasteiger charge is 2.18. The van der Waals surface area contributed by atoms with Gasteiger partial charge in [-0.1, -0.05) is 6.08 Å². The van der Waals surface area contributed by atoms with Crippen LogP contribution in [-0.4, -0.2) is 46.8 Å². The van der Waals surface area contributed by atoms with Gasteiger partial charge in [0, 0.05) is 26.6 Å². The molecule has 0 spiro atoms. The standard InChI is InChI=1S/C6H11NO.C2H4O2/c1-2-6(8)5-7-3-4-7;1-2(3)4/h2,6,8H,1,3-5H2;1H3,(H,3,4). The highest BCUT2D eigenvalue weighted by molar-refractivity contribution is 5.62. The van der Waals surface area contributed by atoms with Gasteiger partial charge in [-0.05, 0) is 0 Å². The van der Waals surface area contributed by atoms with Crippen LogP contribution in [0.2, 0.25) is 0 Å². The average molecular weight is 173 g/mol. The number of carbonyl (C=O) groups is 1. The van der Waals surface area contributed by atoms with E-state index in [-0.39, 0.29) is 6.10 Å². The fourth-order valence-electron chi connectivity index (χ4n) is 0.592. The second kappa shape index (κ2) is 5.74. The van der Waals surface area contributed by atoms with Gasteiger partial charge < -0.3 is 10.2 Å². The van der Waals surface area contributed by atoms with Crippen LogP contribution in [-0.2, 0) is 4.79 Å². The Morgan fingerprint density at radius 1 is 1.75 bits per heavy atom. The van der Waals surface area contributed by atoms with Gasteiger partial charge in [0.1, 0.15) is 0 Å². The van der Waals surface area contributed by atoms with Gasteiger partial charge in [0.2, 0.25) is 0 Å². The van der Waals surface area contributed by atoms with Crippen molar-refractivity contribution in [3.8, 4) is 0 Å². The number of aliphatic hydroxyl groups is 1. The molecule has 70 valence electrons. The van der Waals surface area contributed by atoms with Crippen LogP contribution >= 0.6 is 0 Å². The van der Waals surface area contributed by atoms with Crippen LogP contribution in [0.15, 0.2) is 12.7 Å². The molecule has 1 rings (SSSR count). The molecule has 0 aromatic rings. The molecule has 0 aliphatic carbocycles. The Morgan fingerprint density at radius 3 is 2.42 bits per heavy atom. The van der Waals surface area contributed by atoms with Crippen molar-refractivity contribution in [1.82, 2.24) is 4.90 Å². The zero-order valence-electron chi connectivity index (χ0n) is 7.23. The molecule has 0 bridgehead atoms. The molecular formula is C8H15NO3. The fraction of sp³-hybridized carbons (Fsp3) is 0.625. The van der Waals surface area contributed by atoms with Crippen LogP contribution in [0.3, 0.4) is 0 Å². The highest BCUT2D eigenvalue weighted by Crippen LogP contribution is 2.03. The summed E-state index contributed by atoms with van der Waals surface area (Å²) in [6.07, 6.45) is 1.25. The van der Waals surface area contributed by atoms with Crippen molar-refractivity contribution >= 4 is 5.97 Å². The van der Waals surface area contributed by atoms with Gasteiger partial charge in [-0.15, -0.1) is 6.58 Å². The van der Waals surface area contributed by atoms with Gasteiger partial charge in [-0.3, -0.25) is 9.69 Å². The molecule has 0 saturated carbocycles. The first-order valence-corrected chi connectivity index (χ1v) is 3.78. The number of carboxylic acid groups (broad SMARTS) is 1. The summed E-state index contributed by atoms with van der Waals surface area (Å²) in [5.41, 5.74) is 0. The van der Waals surface area contributed by atoms with E-state index in [1.807, 2.05) is 0 Å². The van der Waals surface area contributed by atoms with E-state index in [4.69, 9.17) is 15.0 Å². The number of carboxylic acids is 1. The van der Waals surface area contributed by atoms with Crippen LogP contribution in [0, 0.1) is 0 Å². The second-order valence-corrected chi connectivity index (χ2v) is 2.62. The summed E-state index contributed by atoms with van der Waals surface area (Å²) in [5.74, 6) is -0.833. The van der Waals surface area contributed by atoms with Crippen molar-refractivity contribution in [2.24, 2.45) is 0 Å². The van der Waals surface area contributed by atoms with Crippen LogP contribution in [0.4, 0.5) is 0 Å². The molecule has 1 unspecified atom stereocenters. The predicted molar refractivity (Wildman–Crippen MR) is 46.0 cm³/mol. The third-order valence-electron chi connectivity index (χ3n) is 1.26. The quantitative estimate of drug-likeness (QED) is 0.463. The molecule has 1 saturated heterocycles. The van der Waals surface area contributed by atoms with Crippen molar-refractivity contribution in [3.63, 3.8) is 0 Å². The Labute approximate surface area is 72.1 Å². The van der Waals surface area contributed by atoms with E-state index in [0.29, 0.717) is 0 Å². The lowest BCUT2D eigenvalue weighted by molar-refractivity contribution is -0.134. The number of β-amino-alcohol motifs (C(OH)–C–C–N with tert-alkyl or cyclic N) is 1. The van der Waals surface area contributed by atoms with Crippen molar-refractivity contribution in [2.75, 3.05) is 19.6 Å². The summed E-state index contributed by atoms with van der Waals surface area (Å²) in [4.78, 5) is 11.2. The summed E-state index contributed by atoms with van der Waals surface area (Å²) < 4.78 is 0. The van der Waals surface area contributed by atoms with Crippen molar-refractivity contribution in [2.45, 2.75) is 13.0 Å². The molecule has 0 aromatic carbocycles. The predicted octanol–water partition coefficient (Wildman–Crippen LogP) is -0.0602. The highest BCUT2D eigenvalue weighted by atomic mass is 16.4. The third kappa shape index (κ3) is 9.13. The first-order chi connectivity index (χ1) is 5.56.